The van der Waals surface area contributed by atoms with Crippen molar-refractivity contribution in [1.82, 2.24) is 0 Å². The molecule has 0 radical (unpaired) electrons. The smallest absolute Gasteiger partial charge is 0.189 e. The summed E-state index contributed by atoms with van der Waals surface area (Å²) in [5, 5.41) is 9.80. The van der Waals surface area contributed by atoms with Crippen molar-refractivity contribution < 1.29 is 14.6 Å². The molecule has 0 heterocycles. The fourth-order valence-electron chi connectivity index (χ4n) is 1.71. The maximum Gasteiger partial charge on any atom is 0.189 e. The van der Waals surface area contributed by atoms with Crippen LogP contribution >= 0.6 is 15.9 Å². The molecule has 0 unspecified atom stereocenters. The van der Waals surface area contributed by atoms with Crippen LogP contribution in [-0.2, 0) is 0 Å². The number of phenolic OH excluding ortho intramolecular Hbond substituents is 1. The Balaban J connectivity index is 2.22. The van der Waals surface area contributed by atoms with Crippen LogP contribution in [0.4, 0.5) is 0 Å². The van der Waals surface area contributed by atoms with Crippen molar-refractivity contribution in [2.45, 2.75) is 0 Å². The zero-order valence-corrected chi connectivity index (χ0v) is 12.4. The highest BCUT2D eigenvalue weighted by Crippen LogP contribution is 2.24. The van der Waals surface area contributed by atoms with Crippen LogP contribution in [0.15, 0.2) is 53.0 Å². The zero-order valence-electron chi connectivity index (χ0n) is 10.8. The molecule has 3 nitrogen and oxygen atoms in total. The summed E-state index contributed by atoms with van der Waals surface area (Å²) >= 11 is 3.41. The topological polar surface area (TPSA) is 46.5 Å². The summed E-state index contributed by atoms with van der Waals surface area (Å²) in [5.41, 5.74) is 1.14. The molecule has 0 aliphatic rings. The third-order valence-electron chi connectivity index (χ3n) is 2.79. The number of benzene rings is 2. The molecular formula is C16H13BrO3. The van der Waals surface area contributed by atoms with Crippen molar-refractivity contribution in [3.63, 3.8) is 0 Å². The molecule has 2 aromatic carbocycles. The summed E-state index contributed by atoms with van der Waals surface area (Å²) in [7, 11) is 1.50. The van der Waals surface area contributed by atoms with Gasteiger partial charge in [-0.05, 0) is 35.9 Å². The van der Waals surface area contributed by atoms with E-state index in [9.17, 15) is 9.90 Å². The number of hydrogen-bond donors (Lipinski definition) is 1. The van der Waals surface area contributed by atoms with Gasteiger partial charge in [0.25, 0.3) is 0 Å². The molecule has 0 fully saturated rings. The van der Waals surface area contributed by atoms with Crippen LogP contribution in [-0.4, -0.2) is 18.0 Å². The monoisotopic (exact) mass is 332 g/mol. The summed E-state index contributed by atoms with van der Waals surface area (Å²) in [6, 6.07) is 12.2. The second kappa shape index (κ2) is 6.39. The predicted octanol–water partition coefficient (Wildman–Crippen LogP) is 4.06. The molecule has 20 heavy (non-hydrogen) atoms. The van der Waals surface area contributed by atoms with Gasteiger partial charge in [0.1, 0.15) is 11.5 Å². The SMILES string of the molecule is COc1ccc(C(=O)/C=C\c2ccccc2Br)c(O)c1. The van der Waals surface area contributed by atoms with Crippen molar-refractivity contribution in [3.05, 3.63) is 64.1 Å². The Morgan fingerprint density at radius 1 is 1.25 bits per heavy atom. The molecule has 0 saturated heterocycles. The number of rotatable bonds is 4. The van der Waals surface area contributed by atoms with E-state index in [1.807, 2.05) is 24.3 Å². The van der Waals surface area contributed by atoms with Crippen LogP contribution in [0, 0.1) is 0 Å². The number of halogens is 1. The molecule has 4 heteroatoms. The van der Waals surface area contributed by atoms with Crippen LogP contribution in [0.1, 0.15) is 15.9 Å². The van der Waals surface area contributed by atoms with Crippen LogP contribution in [0.5, 0.6) is 11.5 Å². The summed E-state index contributed by atoms with van der Waals surface area (Å²) in [5.74, 6) is 0.154. The summed E-state index contributed by atoms with van der Waals surface area (Å²) in [6.07, 6.45) is 3.14. The van der Waals surface area contributed by atoms with Gasteiger partial charge < -0.3 is 9.84 Å². The lowest BCUT2D eigenvalue weighted by Crippen LogP contribution is -1.95. The Hall–Kier alpha value is -2.07. The predicted molar refractivity (Wildman–Crippen MR) is 82.2 cm³/mol. The number of aromatic hydroxyl groups is 1. The van der Waals surface area contributed by atoms with Crippen molar-refractivity contribution in [2.24, 2.45) is 0 Å². The number of allylic oxidation sites excluding steroid dienone is 1. The lowest BCUT2D eigenvalue weighted by atomic mass is 10.1. The molecule has 0 atom stereocenters. The van der Waals surface area contributed by atoms with Gasteiger partial charge in [0.2, 0.25) is 0 Å². The van der Waals surface area contributed by atoms with E-state index in [2.05, 4.69) is 15.9 Å². The zero-order chi connectivity index (χ0) is 14.5. The number of phenols is 1. The third-order valence-corrected chi connectivity index (χ3v) is 3.51. The van der Waals surface area contributed by atoms with E-state index in [4.69, 9.17) is 4.74 Å². The van der Waals surface area contributed by atoms with Crippen molar-refractivity contribution in [1.29, 1.82) is 0 Å². The average Bonchev–Trinajstić information content (AvgIpc) is 2.46. The fourth-order valence-corrected chi connectivity index (χ4v) is 2.13. The molecule has 0 amide bonds. The van der Waals surface area contributed by atoms with Crippen molar-refractivity contribution in [2.75, 3.05) is 7.11 Å². The van der Waals surface area contributed by atoms with Gasteiger partial charge in [0.05, 0.1) is 12.7 Å². The normalized spacial score (nSPS) is 10.7. The van der Waals surface area contributed by atoms with E-state index >= 15 is 0 Å². The molecule has 0 bridgehead atoms. The highest BCUT2D eigenvalue weighted by Gasteiger charge is 2.09. The Morgan fingerprint density at radius 3 is 2.65 bits per heavy atom. The minimum Gasteiger partial charge on any atom is -0.507 e. The number of ketones is 1. The quantitative estimate of drug-likeness (QED) is 0.678. The molecule has 0 saturated carbocycles. The van der Waals surface area contributed by atoms with E-state index in [-0.39, 0.29) is 17.1 Å². The van der Waals surface area contributed by atoms with Crippen molar-refractivity contribution in [3.8, 4) is 11.5 Å². The lowest BCUT2D eigenvalue weighted by molar-refractivity contribution is 0.104. The minimum atomic E-state index is -0.263. The van der Waals surface area contributed by atoms with Gasteiger partial charge in [-0.3, -0.25) is 4.79 Å². The van der Waals surface area contributed by atoms with E-state index in [1.54, 1.807) is 18.2 Å². The largest absolute Gasteiger partial charge is 0.507 e. The van der Waals surface area contributed by atoms with Crippen LogP contribution < -0.4 is 4.74 Å². The van der Waals surface area contributed by atoms with E-state index in [0.29, 0.717) is 5.75 Å². The first kappa shape index (κ1) is 14.3. The Kier molecular flexibility index (Phi) is 4.58. The van der Waals surface area contributed by atoms with Crippen LogP contribution in [0.3, 0.4) is 0 Å². The molecule has 0 spiro atoms. The van der Waals surface area contributed by atoms with E-state index < -0.39 is 0 Å². The number of hydrogen-bond acceptors (Lipinski definition) is 3. The second-order valence-electron chi connectivity index (χ2n) is 4.10. The van der Waals surface area contributed by atoms with Crippen molar-refractivity contribution >= 4 is 27.8 Å². The Bertz CT molecular complexity index is 663. The number of ether oxygens (including phenoxy) is 1. The standard InChI is InChI=1S/C16H13BrO3/c1-20-12-7-8-13(16(19)10-12)15(18)9-6-11-4-2-3-5-14(11)17/h2-10,19H,1H3/b9-6-. The van der Waals surface area contributed by atoms with E-state index in [0.717, 1.165) is 10.0 Å². The summed E-state index contributed by atoms with van der Waals surface area (Å²) in [6.45, 7) is 0. The molecule has 0 aliphatic carbocycles. The fraction of sp³-hybridized carbons (Fsp3) is 0.0625. The number of carbonyl (C=O) groups is 1. The summed E-state index contributed by atoms with van der Waals surface area (Å²) in [4.78, 5) is 12.0. The third kappa shape index (κ3) is 3.27. The highest BCUT2D eigenvalue weighted by atomic mass is 79.9. The van der Waals surface area contributed by atoms with Gasteiger partial charge in [-0.25, -0.2) is 0 Å². The first-order chi connectivity index (χ1) is 9.61. The van der Waals surface area contributed by atoms with Gasteiger partial charge in [-0.2, -0.15) is 0 Å². The van der Waals surface area contributed by atoms with Gasteiger partial charge in [0, 0.05) is 10.5 Å². The van der Waals surface area contributed by atoms with Gasteiger partial charge in [-0.1, -0.05) is 34.1 Å². The number of methoxy groups -OCH3 is 1. The molecular weight excluding hydrogens is 320 g/mol. The second-order valence-corrected chi connectivity index (χ2v) is 4.96. The number of carbonyl (C=O) groups excluding carboxylic acids is 1. The maximum absolute atomic E-state index is 12.0. The lowest BCUT2D eigenvalue weighted by Gasteiger charge is -2.04. The summed E-state index contributed by atoms with van der Waals surface area (Å²) < 4.78 is 5.88. The van der Waals surface area contributed by atoms with Gasteiger partial charge in [-0.15, -0.1) is 0 Å². The Morgan fingerprint density at radius 2 is 2.00 bits per heavy atom. The average molecular weight is 333 g/mol. The molecule has 102 valence electrons. The first-order valence-electron chi connectivity index (χ1n) is 5.96. The molecule has 1 N–H and O–H groups in total. The molecule has 0 aromatic heterocycles. The highest BCUT2D eigenvalue weighted by molar-refractivity contribution is 9.10. The molecule has 2 rings (SSSR count). The maximum atomic E-state index is 12.0. The van der Waals surface area contributed by atoms with Gasteiger partial charge in [0.15, 0.2) is 5.78 Å². The minimum absolute atomic E-state index is 0.0915. The van der Waals surface area contributed by atoms with Crippen LogP contribution in [0.25, 0.3) is 6.08 Å². The van der Waals surface area contributed by atoms with Crippen LogP contribution in [0.2, 0.25) is 0 Å². The first-order valence-corrected chi connectivity index (χ1v) is 6.75. The molecule has 2 aromatic rings. The molecule has 0 aliphatic heterocycles. The Labute approximate surface area is 125 Å². The van der Waals surface area contributed by atoms with E-state index in [1.165, 1.54) is 19.3 Å². The van der Waals surface area contributed by atoms with Gasteiger partial charge >= 0.3 is 0 Å².